The van der Waals surface area contributed by atoms with Crippen LogP contribution in [0.25, 0.3) is 0 Å². The molecule has 2 heteroatoms. The summed E-state index contributed by atoms with van der Waals surface area (Å²) in [5, 5.41) is 3.72. The fourth-order valence-electron chi connectivity index (χ4n) is 5.82. The monoisotopic (exact) mass is 271 g/mol. The molecule has 0 aromatic heterocycles. The zero-order valence-corrected chi connectivity index (χ0v) is 13.1. The van der Waals surface area contributed by atoms with Gasteiger partial charge in [-0.15, -0.1) is 12.4 Å². The summed E-state index contributed by atoms with van der Waals surface area (Å²) in [5.74, 6) is 3.31. The molecule has 4 aliphatic carbocycles. The van der Waals surface area contributed by atoms with Crippen molar-refractivity contribution in [2.45, 2.75) is 77.8 Å². The van der Waals surface area contributed by atoms with E-state index in [4.69, 9.17) is 0 Å². The standard InChI is InChI=1S/C16H29N.ClH/c1-11(2)17-12(3)7-16-8-13-4-14(9-16)6-15(5-13)10-16;/h11-15,17H,4-10H2,1-3H3;1H. The van der Waals surface area contributed by atoms with E-state index < -0.39 is 0 Å². The van der Waals surface area contributed by atoms with Gasteiger partial charge in [-0.3, -0.25) is 0 Å². The van der Waals surface area contributed by atoms with E-state index in [0.29, 0.717) is 12.1 Å². The van der Waals surface area contributed by atoms with Crippen LogP contribution in [0.5, 0.6) is 0 Å². The molecule has 0 radical (unpaired) electrons. The summed E-state index contributed by atoms with van der Waals surface area (Å²) >= 11 is 0. The van der Waals surface area contributed by atoms with Crippen molar-refractivity contribution in [3.8, 4) is 0 Å². The molecule has 4 rings (SSSR count). The molecular formula is C16H30ClN. The Morgan fingerprint density at radius 1 is 0.944 bits per heavy atom. The first-order valence-electron chi connectivity index (χ1n) is 7.81. The molecule has 4 aliphatic rings. The van der Waals surface area contributed by atoms with E-state index in [1.807, 2.05) is 0 Å². The molecule has 18 heavy (non-hydrogen) atoms. The highest BCUT2D eigenvalue weighted by atomic mass is 35.5. The van der Waals surface area contributed by atoms with Crippen LogP contribution in [0.15, 0.2) is 0 Å². The maximum Gasteiger partial charge on any atom is 0.00463 e. The Bertz CT molecular complexity index is 252. The van der Waals surface area contributed by atoms with Crippen molar-refractivity contribution in [3.63, 3.8) is 0 Å². The summed E-state index contributed by atoms with van der Waals surface area (Å²) in [6, 6.07) is 1.35. The Hall–Kier alpha value is 0.250. The lowest BCUT2D eigenvalue weighted by atomic mass is 9.48. The second-order valence-electron chi connectivity index (χ2n) is 7.84. The lowest BCUT2D eigenvalue weighted by Crippen LogP contribution is -2.49. The zero-order chi connectivity index (χ0) is 12.0. The molecule has 0 spiro atoms. The first kappa shape index (κ1) is 14.7. The van der Waals surface area contributed by atoms with Gasteiger partial charge in [0.05, 0.1) is 0 Å². The van der Waals surface area contributed by atoms with Gasteiger partial charge in [0.15, 0.2) is 0 Å². The smallest absolute Gasteiger partial charge is 0.00463 e. The van der Waals surface area contributed by atoms with Crippen LogP contribution in [-0.2, 0) is 0 Å². The third-order valence-corrected chi connectivity index (χ3v) is 5.52. The lowest BCUT2D eigenvalue weighted by Gasteiger charge is -2.57. The van der Waals surface area contributed by atoms with Gasteiger partial charge in [0.2, 0.25) is 0 Å². The Labute approximate surface area is 119 Å². The molecule has 0 aliphatic heterocycles. The Balaban J connectivity index is 0.00000120. The molecule has 106 valence electrons. The average Bonchev–Trinajstić information content (AvgIpc) is 2.11. The quantitative estimate of drug-likeness (QED) is 0.799. The van der Waals surface area contributed by atoms with Gasteiger partial charge in [-0.05, 0) is 75.0 Å². The molecular weight excluding hydrogens is 242 g/mol. The maximum atomic E-state index is 3.72. The predicted molar refractivity (Wildman–Crippen MR) is 80.2 cm³/mol. The first-order valence-corrected chi connectivity index (χ1v) is 7.81. The molecule has 1 N–H and O–H groups in total. The first-order chi connectivity index (χ1) is 8.05. The number of hydrogen-bond acceptors (Lipinski definition) is 1. The summed E-state index contributed by atoms with van der Waals surface area (Å²) in [7, 11) is 0. The van der Waals surface area contributed by atoms with E-state index in [1.165, 1.54) is 6.42 Å². The third kappa shape index (κ3) is 2.88. The third-order valence-electron chi connectivity index (χ3n) is 5.52. The Morgan fingerprint density at radius 3 is 1.78 bits per heavy atom. The molecule has 0 aromatic carbocycles. The van der Waals surface area contributed by atoms with Gasteiger partial charge in [0, 0.05) is 12.1 Å². The van der Waals surface area contributed by atoms with Crippen LogP contribution >= 0.6 is 12.4 Å². The largest absolute Gasteiger partial charge is 0.312 e. The van der Waals surface area contributed by atoms with E-state index in [2.05, 4.69) is 26.1 Å². The van der Waals surface area contributed by atoms with Crippen LogP contribution in [0.3, 0.4) is 0 Å². The normalized spacial score (nSPS) is 43.0. The summed E-state index contributed by atoms with van der Waals surface area (Å²) in [5.41, 5.74) is 0.746. The van der Waals surface area contributed by atoms with Crippen LogP contribution in [0.2, 0.25) is 0 Å². The van der Waals surface area contributed by atoms with Gasteiger partial charge in [0.1, 0.15) is 0 Å². The van der Waals surface area contributed by atoms with Gasteiger partial charge < -0.3 is 5.32 Å². The van der Waals surface area contributed by atoms with E-state index in [0.717, 1.165) is 23.2 Å². The highest BCUT2D eigenvalue weighted by Gasteiger charge is 2.50. The molecule has 4 saturated carbocycles. The topological polar surface area (TPSA) is 12.0 Å². The fourth-order valence-corrected chi connectivity index (χ4v) is 5.82. The summed E-state index contributed by atoms with van der Waals surface area (Å²) < 4.78 is 0. The van der Waals surface area contributed by atoms with Crippen molar-refractivity contribution < 1.29 is 0 Å². The molecule has 0 saturated heterocycles. The van der Waals surface area contributed by atoms with Crippen molar-refractivity contribution in [1.82, 2.24) is 5.32 Å². The number of nitrogens with one attached hydrogen (secondary N) is 1. The maximum absolute atomic E-state index is 3.72. The van der Waals surface area contributed by atoms with Crippen LogP contribution in [0.4, 0.5) is 0 Å². The molecule has 1 atom stereocenters. The minimum absolute atomic E-state index is 0. The second kappa shape index (κ2) is 5.32. The van der Waals surface area contributed by atoms with Crippen molar-refractivity contribution in [2.75, 3.05) is 0 Å². The van der Waals surface area contributed by atoms with E-state index >= 15 is 0 Å². The summed E-state index contributed by atoms with van der Waals surface area (Å²) in [6.07, 6.45) is 10.8. The fraction of sp³-hybridized carbons (Fsp3) is 1.00. The van der Waals surface area contributed by atoms with E-state index in [1.54, 1.807) is 38.5 Å². The van der Waals surface area contributed by atoms with Gasteiger partial charge in [-0.25, -0.2) is 0 Å². The van der Waals surface area contributed by atoms with Crippen LogP contribution in [-0.4, -0.2) is 12.1 Å². The highest BCUT2D eigenvalue weighted by molar-refractivity contribution is 5.85. The molecule has 0 amide bonds. The SMILES string of the molecule is CC(C)NC(C)CC12CC3CC(CC(C3)C1)C2.Cl. The van der Waals surface area contributed by atoms with Gasteiger partial charge in [0.25, 0.3) is 0 Å². The second-order valence-corrected chi connectivity index (χ2v) is 7.84. The van der Waals surface area contributed by atoms with Gasteiger partial charge in [-0.2, -0.15) is 0 Å². The van der Waals surface area contributed by atoms with Crippen molar-refractivity contribution >= 4 is 12.4 Å². The van der Waals surface area contributed by atoms with E-state index in [9.17, 15) is 0 Å². The Kier molecular flexibility index (Phi) is 4.33. The molecule has 4 fully saturated rings. The van der Waals surface area contributed by atoms with E-state index in [-0.39, 0.29) is 12.4 Å². The molecule has 0 aromatic rings. The van der Waals surface area contributed by atoms with Crippen molar-refractivity contribution in [2.24, 2.45) is 23.2 Å². The number of halogens is 1. The number of rotatable bonds is 4. The van der Waals surface area contributed by atoms with Crippen LogP contribution in [0, 0.1) is 23.2 Å². The minimum atomic E-state index is 0. The minimum Gasteiger partial charge on any atom is -0.312 e. The van der Waals surface area contributed by atoms with Crippen molar-refractivity contribution in [3.05, 3.63) is 0 Å². The molecule has 4 bridgehead atoms. The van der Waals surface area contributed by atoms with Crippen LogP contribution < -0.4 is 5.32 Å². The van der Waals surface area contributed by atoms with Gasteiger partial charge in [-0.1, -0.05) is 13.8 Å². The van der Waals surface area contributed by atoms with Crippen molar-refractivity contribution in [1.29, 1.82) is 0 Å². The Morgan fingerprint density at radius 2 is 1.39 bits per heavy atom. The highest BCUT2D eigenvalue weighted by Crippen LogP contribution is 2.61. The molecule has 0 heterocycles. The molecule has 1 unspecified atom stereocenters. The molecule has 1 nitrogen and oxygen atoms in total. The number of hydrogen-bond donors (Lipinski definition) is 1. The summed E-state index contributed by atoms with van der Waals surface area (Å²) in [6.45, 7) is 6.95. The zero-order valence-electron chi connectivity index (χ0n) is 12.2. The predicted octanol–water partition coefficient (Wildman–Crippen LogP) is 4.40. The van der Waals surface area contributed by atoms with Gasteiger partial charge >= 0.3 is 0 Å². The summed E-state index contributed by atoms with van der Waals surface area (Å²) in [4.78, 5) is 0. The lowest BCUT2D eigenvalue weighted by molar-refractivity contribution is -0.0614. The van der Waals surface area contributed by atoms with Crippen LogP contribution in [0.1, 0.15) is 65.7 Å². The average molecular weight is 272 g/mol.